The van der Waals surface area contributed by atoms with Crippen molar-refractivity contribution in [3.63, 3.8) is 0 Å². The molecule has 0 saturated heterocycles. The molecule has 2 aromatic rings. The van der Waals surface area contributed by atoms with E-state index >= 15 is 0 Å². The molecule has 0 amide bonds. The number of nitrogens with one attached hydrogen (secondary N) is 2. The van der Waals surface area contributed by atoms with Crippen LogP contribution in [0.4, 0.5) is 0 Å². The van der Waals surface area contributed by atoms with Crippen LogP contribution < -0.4 is 10.6 Å². The first kappa shape index (κ1) is 20.3. The maximum absolute atomic E-state index is 4.61. The summed E-state index contributed by atoms with van der Waals surface area (Å²) in [7, 11) is 0. The minimum absolute atomic E-state index is 0. The summed E-state index contributed by atoms with van der Waals surface area (Å²) in [5.41, 5.74) is 2.80. The Labute approximate surface area is 163 Å². The third-order valence-electron chi connectivity index (χ3n) is 4.76. The Kier molecular flexibility index (Phi) is 9.05. The van der Waals surface area contributed by atoms with Crippen molar-refractivity contribution < 1.29 is 0 Å². The first-order valence-electron chi connectivity index (χ1n) is 9.55. The number of guanidine groups is 1. The lowest BCUT2D eigenvalue weighted by atomic mass is 9.87. The minimum atomic E-state index is 0. The highest BCUT2D eigenvalue weighted by Crippen LogP contribution is 2.28. The molecule has 1 heterocycles. The zero-order valence-electron chi connectivity index (χ0n) is 15.4. The average molecular weight is 372 g/mol. The van der Waals surface area contributed by atoms with Crippen molar-refractivity contribution in [3.05, 3.63) is 71.8 Å². The zero-order valence-corrected chi connectivity index (χ0v) is 16.2. The molecule has 3 nitrogen and oxygen atoms in total. The first-order valence-corrected chi connectivity index (χ1v) is 9.55. The largest absolute Gasteiger partial charge is 0.356 e. The van der Waals surface area contributed by atoms with E-state index in [1.54, 1.807) is 0 Å². The second-order valence-corrected chi connectivity index (χ2v) is 6.66. The van der Waals surface area contributed by atoms with Crippen LogP contribution in [-0.4, -0.2) is 25.6 Å². The van der Waals surface area contributed by atoms with Gasteiger partial charge in [-0.2, -0.15) is 0 Å². The van der Waals surface area contributed by atoms with Crippen molar-refractivity contribution in [2.45, 2.75) is 38.0 Å². The lowest BCUT2D eigenvalue weighted by Gasteiger charge is -2.19. The normalized spacial score (nSPS) is 16.4. The molecular weight excluding hydrogens is 342 g/mol. The molecule has 0 radical (unpaired) electrons. The van der Waals surface area contributed by atoms with Crippen molar-refractivity contribution >= 4 is 18.4 Å². The first-order chi connectivity index (χ1) is 12.4. The number of rotatable bonds is 6. The monoisotopic (exact) mass is 371 g/mol. The van der Waals surface area contributed by atoms with E-state index in [4.69, 9.17) is 0 Å². The van der Waals surface area contributed by atoms with Crippen LogP contribution in [0, 0.1) is 0 Å². The summed E-state index contributed by atoms with van der Waals surface area (Å²) in [4.78, 5) is 4.61. The van der Waals surface area contributed by atoms with Crippen LogP contribution in [0.25, 0.3) is 0 Å². The van der Waals surface area contributed by atoms with Crippen LogP contribution in [0.2, 0.25) is 0 Å². The molecule has 2 N–H and O–H groups in total. The fourth-order valence-corrected chi connectivity index (χ4v) is 3.39. The molecule has 0 bridgehead atoms. The second-order valence-electron chi connectivity index (χ2n) is 6.66. The molecule has 140 valence electrons. The maximum Gasteiger partial charge on any atom is 0.191 e. The Balaban J connectivity index is 0.00000243. The summed E-state index contributed by atoms with van der Waals surface area (Å²) in [5, 5.41) is 6.90. The lowest BCUT2D eigenvalue weighted by molar-refractivity contribution is 0.616. The molecule has 0 aliphatic carbocycles. The standard InChI is InChI=1S/C22H29N3.ClH/c1-4-11-19(12-5-1)21(20-13-6-2-7-14-20)15-10-18-25-22-23-16-8-3-9-17-24-22;/h1-2,4-7,11-14,21H,3,8-10,15-18H2,(H2,23,24,25);1H. The van der Waals surface area contributed by atoms with Gasteiger partial charge in [-0.05, 0) is 43.2 Å². The van der Waals surface area contributed by atoms with Gasteiger partial charge in [0.1, 0.15) is 0 Å². The van der Waals surface area contributed by atoms with E-state index in [0.717, 1.165) is 38.4 Å². The van der Waals surface area contributed by atoms with Crippen molar-refractivity contribution in [2.75, 3.05) is 19.6 Å². The van der Waals surface area contributed by atoms with Crippen LogP contribution in [0.15, 0.2) is 65.7 Å². The van der Waals surface area contributed by atoms with Gasteiger partial charge in [0.25, 0.3) is 0 Å². The summed E-state index contributed by atoms with van der Waals surface area (Å²) in [5.74, 6) is 1.44. The molecule has 26 heavy (non-hydrogen) atoms. The minimum Gasteiger partial charge on any atom is -0.356 e. The fraction of sp³-hybridized carbons (Fsp3) is 0.409. The molecule has 0 saturated carbocycles. The molecular formula is C22H30ClN3. The molecule has 4 heteroatoms. The summed E-state index contributed by atoms with van der Waals surface area (Å²) in [6.07, 6.45) is 5.98. The van der Waals surface area contributed by atoms with Gasteiger partial charge < -0.3 is 10.6 Å². The van der Waals surface area contributed by atoms with Crippen molar-refractivity contribution in [2.24, 2.45) is 4.99 Å². The number of aliphatic imine (C=N–C) groups is 1. The number of halogens is 1. The van der Waals surface area contributed by atoms with Crippen LogP contribution >= 0.6 is 12.4 Å². The summed E-state index contributed by atoms with van der Waals surface area (Å²) in [6, 6.07) is 21.7. The summed E-state index contributed by atoms with van der Waals surface area (Å²) >= 11 is 0. The van der Waals surface area contributed by atoms with Gasteiger partial charge >= 0.3 is 0 Å². The Bertz CT molecular complexity index is 603. The van der Waals surface area contributed by atoms with Gasteiger partial charge in [0.2, 0.25) is 0 Å². The van der Waals surface area contributed by atoms with Gasteiger partial charge in [0, 0.05) is 25.6 Å². The van der Waals surface area contributed by atoms with E-state index in [1.807, 2.05) is 0 Å². The quantitative estimate of drug-likeness (QED) is 0.719. The molecule has 3 rings (SSSR count). The van der Waals surface area contributed by atoms with Gasteiger partial charge in [-0.3, -0.25) is 4.99 Å². The molecule has 0 atom stereocenters. The third-order valence-corrected chi connectivity index (χ3v) is 4.76. The van der Waals surface area contributed by atoms with Gasteiger partial charge in [0.15, 0.2) is 5.96 Å². The predicted octanol–water partition coefficient (Wildman–Crippen LogP) is 4.74. The van der Waals surface area contributed by atoms with Crippen molar-refractivity contribution in [1.29, 1.82) is 0 Å². The topological polar surface area (TPSA) is 36.4 Å². The molecule has 2 aromatic carbocycles. The highest BCUT2D eigenvalue weighted by Gasteiger charge is 2.13. The van der Waals surface area contributed by atoms with Crippen LogP contribution in [0.5, 0.6) is 0 Å². The van der Waals surface area contributed by atoms with E-state index in [2.05, 4.69) is 76.3 Å². The van der Waals surface area contributed by atoms with Crippen LogP contribution in [0.3, 0.4) is 0 Å². The molecule has 0 aromatic heterocycles. The SMILES string of the molecule is Cl.c1ccc(C(CCCN/C2=N/CCCCCN2)c2ccccc2)cc1. The number of nitrogens with zero attached hydrogens (tertiary/aromatic N) is 1. The van der Waals surface area contributed by atoms with Crippen molar-refractivity contribution in [3.8, 4) is 0 Å². The second kappa shape index (κ2) is 11.6. The van der Waals surface area contributed by atoms with Crippen LogP contribution in [0.1, 0.15) is 49.1 Å². The molecule has 1 aliphatic heterocycles. The third kappa shape index (κ3) is 6.38. The van der Waals surface area contributed by atoms with E-state index < -0.39 is 0 Å². The van der Waals surface area contributed by atoms with E-state index in [9.17, 15) is 0 Å². The molecule has 1 aliphatic rings. The number of benzene rings is 2. The summed E-state index contributed by atoms with van der Waals surface area (Å²) in [6.45, 7) is 2.93. The average Bonchev–Trinajstić information content (AvgIpc) is 2.64. The molecule has 0 unspecified atom stereocenters. The summed E-state index contributed by atoms with van der Waals surface area (Å²) < 4.78 is 0. The van der Waals surface area contributed by atoms with E-state index in [-0.39, 0.29) is 12.4 Å². The Morgan fingerprint density at radius 1 is 0.885 bits per heavy atom. The van der Waals surface area contributed by atoms with Gasteiger partial charge in [-0.15, -0.1) is 12.4 Å². The zero-order chi connectivity index (χ0) is 17.2. The fourth-order valence-electron chi connectivity index (χ4n) is 3.39. The lowest BCUT2D eigenvalue weighted by Crippen LogP contribution is -2.39. The smallest absolute Gasteiger partial charge is 0.191 e. The van der Waals surface area contributed by atoms with Gasteiger partial charge in [-0.1, -0.05) is 60.7 Å². The molecule has 0 fully saturated rings. The number of hydrogen-bond acceptors (Lipinski definition) is 3. The van der Waals surface area contributed by atoms with Gasteiger partial charge in [0.05, 0.1) is 0 Å². The Morgan fingerprint density at radius 3 is 2.19 bits per heavy atom. The van der Waals surface area contributed by atoms with Gasteiger partial charge in [-0.25, -0.2) is 0 Å². The van der Waals surface area contributed by atoms with Crippen molar-refractivity contribution in [1.82, 2.24) is 10.6 Å². The highest BCUT2D eigenvalue weighted by atomic mass is 35.5. The van der Waals surface area contributed by atoms with E-state index in [0.29, 0.717) is 5.92 Å². The highest BCUT2D eigenvalue weighted by molar-refractivity contribution is 5.85. The van der Waals surface area contributed by atoms with E-state index in [1.165, 1.54) is 30.4 Å². The Morgan fingerprint density at radius 2 is 1.54 bits per heavy atom. The number of hydrogen-bond donors (Lipinski definition) is 2. The predicted molar refractivity (Wildman–Crippen MR) is 113 cm³/mol. The molecule has 0 spiro atoms. The Hall–Kier alpha value is -2.00. The van der Waals surface area contributed by atoms with Crippen LogP contribution in [-0.2, 0) is 0 Å². The maximum atomic E-state index is 4.61.